The third-order valence-corrected chi connectivity index (χ3v) is 4.68. The average molecular weight is 346 g/mol. The summed E-state index contributed by atoms with van der Waals surface area (Å²) in [5, 5.41) is 9.19. The minimum absolute atomic E-state index is 0.452. The monoisotopic (exact) mass is 345 g/mol. The van der Waals surface area contributed by atoms with Gasteiger partial charge in [-0.2, -0.15) is 0 Å². The maximum atomic E-state index is 6.03. The van der Waals surface area contributed by atoms with Gasteiger partial charge in [0.2, 0.25) is 0 Å². The Kier molecular flexibility index (Phi) is 3.71. The molecule has 4 nitrogen and oxygen atoms in total. The Morgan fingerprint density at radius 2 is 1.96 bits per heavy atom. The maximum Gasteiger partial charge on any atom is 0.137 e. The number of benzene rings is 2. The Morgan fingerprint density at radius 1 is 1.04 bits per heavy atom. The molecule has 0 saturated heterocycles. The zero-order valence-electron chi connectivity index (χ0n) is 12.2. The van der Waals surface area contributed by atoms with Crippen molar-refractivity contribution in [2.45, 2.75) is 19.4 Å². The molecule has 2 heterocycles. The molecule has 0 unspecified atom stereocenters. The van der Waals surface area contributed by atoms with Gasteiger partial charge in [0, 0.05) is 6.42 Å². The summed E-state index contributed by atoms with van der Waals surface area (Å²) in [5.74, 6) is 1.84. The number of rotatable bonds is 3. The third kappa shape index (κ3) is 2.80. The van der Waals surface area contributed by atoms with E-state index in [1.54, 1.807) is 12.4 Å². The van der Waals surface area contributed by atoms with Crippen molar-refractivity contribution in [2.75, 3.05) is 0 Å². The van der Waals surface area contributed by atoms with Gasteiger partial charge in [0.05, 0.1) is 15.7 Å². The van der Waals surface area contributed by atoms with Gasteiger partial charge in [-0.05, 0) is 47.9 Å². The van der Waals surface area contributed by atoms with Crippen molar-refractivity contribution < 1.29 is 4.74 Å². The molecule has 0 saturated carbocycles. The number of hydrogen-bond acceptors (Lipinski definition) is 3. The van der Waals surface area contributed by atoms with E-state index in [-0.39, 0.29) is 0 Å². The number of ether oxygens (including phenoxy) is 1. The summed E-state index contributed by atoms with van der Waals surface area (Å²) in [6, 6.07) is 11.6. The van der Waals surface area contributed by atoms with Crippen molar-refractivity contribution in [3.05, 3.63) is 69.7 Å². The highest BCUT2D eigenvalue weighted by molar-refractivity contribution is 6.42. The Bertz CT molecular complexity index is 876. The summed E-state index contributed by atoms with van der Waals surface area (Å²) in [6.07, 6.45) is 3.59. The molecule has 0 amide bonds. The molecule has 1 aliphatic rings. The highest BCUT2D eigenvalue weighted by Gasteiger charge is 2.17. The van der Waals surface area contributed by atoms with Crippen LogP contribution < -0.4 is 4.74 Å². The fraction of sp³-hybridized carbons (Fsp3) is 0.176. The number of fused-ring (bicyclic) bond motifs is 3. The van der Waals surface area contributed by atoms with Gasteiger partial charge < -0.3 is 4.74 Å². The van der Waals surface area contributed by atoms with Gasteiger partial charge in [0.15, 0.2) is 0 Å². The molecule has 0 atom stereocenters. The Balaban J connectivity index is 1.54. The van der Waals surface area contributed by atoms with Crippen LogP contribution in [0.15, 0.2) is 42.7 Å². The molecule has 1 aromatic heterocycles. The van der Waals surface area contributed by atoms with Crippen LogP contribution >= 0.6 is 23.2 Å². The second-order valence-corrected chi connectivity index (χ2v) is 6.26. The van der Waals surface area contributed by atoms with Crippen LogP contribution in [0.25, 0.3) is 5.69 Å². The first-order chi connectivity index (χ1) is 11.2. The van der Waals surface area contributed by atoms with Crippen LogP contribution in [0.2, 0.25) is 10.0 Å². The van der Waals surface area contributed by atoms with Crippen molar-refractivity contribution in [1.29, 1.82) is 0 Å². The predicted octanol–water partition coefficient (Wildman–Crippen LogP) is 4.25. The van der Waals surface area contributed by atoms with Crippen LogP contribution in [0, 0.1) is 0 Å². The Labute approximate surface area is 143 Å². The van der Waals surface area contributed by atoms with Gasteiger partial charge in [0.25, 0.3) is 0 Å². The first kappa shape index (κ1) is 14.5. The molecule has 3 aromatic rings. The van der Waals surface area contributed by atoms with Crippen molar-refractivity contribution >= 4 is 23.2 Å². The lowest BCUT2D eigenvalue weighted by Crippen LogP contribution is -2.11. The molecule has 6 heteroatoms. The summed E-state index contributed by atoms with van der Waals surface area (Å²) in [5.41, 5.74) is 3.35. The van der Waals surface area contributed by atoms with Gasteiger partial charge in [-0.1, -0.05) is 29.3 Å². The first-order valence-corrected chi connectivity index (χ1v) is 8.05. The van der Waals surface area contributed by atoms with E-state index in [4.69, 9.17) is 27.9 Å². The summed E-state index contributed by atoms with van der Waals surface area (Å²) in [7, 11) is 0. The smallest absolute Gasteiger partial charge is 0.137 e. The van der Waals surface area contributed by atoms with Crippen molar-refractivity contribution in [3.8, 4) is 11.4 Å². The molecule has 23 heavy (non-hydrogen) atoms. The number of aromatic nitrogens is 3. The second kappa shape index (κ2) is 5.87. The molecule has 0 aliphatic carbocycles. The topological polar surface area (TPSA) is 39.9 Å². The highest BCUT2D eigenvalue weighted by Crippen LogP contribution is 2.28. The van der Waals surface area contributed by atoms with E-state index < -0.39 is 0 Å². The standard InChI is InChI=1S/C17H13Cl2N3O/c18-14-4-1-11(7-15(14)19)9-23-13-3-5-16-12(8-13)2-6-17-21-20-10-22(16)17/h1,3-5,7-8,10H,2,6,9H2. The average Bonchev–Trinajstić information content (AvgIpc) is 3.04. The van der Waals surface area contributed by atoms with Crippen molar-refractivity contribution in [3.63, 3.8) is 0 Å². The van der Waals surface area contributed by atoms with Crippen LogP contribution in [-0.4, -0.2) is 14.8 Å². The van der Waals surface area contributed by atoms with E-state index in [0.29, 0.717) is 16.7 Å². The Morgan fingerprint density at radius 3 is 2.83 bits per heavy atom. The van der Waals surface area contributed by atoms with E-state index in [1.807, 2.05) is 28.8 Å². The summed E-state index contributed by atoms with van der Waals surface area (Å²) in [4.78, 5) is 0. The molecule has 116 valence electrons. The molecule has 0 fully saturated rings. The second-order valence-electron chi connectivity index (χ2n) is 5.44. The van der Waals surface area contributed by atoms with E-state index in [2.05, 4.69) is 16.3 Å². The van der Waals surface area contributed by atoms with Gasteiger partial charge in [-0.15, -0.1) is 10.2 Å². The molecule has 2 aromatic carbocycles. The predicted molar refractivity (Wildman–Crippen MR) is 89.6 cm³/mol. The highest BCUT2D eigenvalue weighted by atomic mass is 35.5. The molecule has 0 spiro atoms. The lowest BCUT2D eigenvalue weighted by Gasteiger charge is -2.18. The van der Waals surface area contributed by atoms with Crippen LogP contribution in [0.4, 0.5) is 0 Å². The summed E-state index contributed by atoms with van der Waals surface area (Å²) in [6.45, 7) is 0.452. The van der Waals surface area contributed by atoms with Crippen LogP contribution in [0.1, 0.15) is 17.0 Å². The van der Waals surface area contributed by atoms with Gasteiger partial charge >= 0.3 is 0 Å². The fourth-order valence-corrected chi connectivity index (χ4v) is 3.08. The maximum absolute atomic E-state index is 6.03. The zero-order valence-corrected chi connectivity index (χ0v) is 13.7. The Hall–Kier alpha value is -2.04. The SMILES string of the molecule is Clc1ccc(COc2ccc3c(c2)CCc2nncn2-3)cc1Cl. The number of halogens is 2. The summed E-state index contributed by atoms with van der Waals surface area (Å²) < 4.78 is 7.91. The molecular formula is C17H13Cl2N3O. The normalized spacial score (nSPS) is 12.6. The van der Waals surface area contributed by atoms with E-state index in [1.165, 1.54) is 5.56 Å². The molecule has 0 N–H and O–H groups in total. The lowest BCUT2D eigenvalue weighted by atomic mass is 10.0. The first-order valence-electron chi connectivity index (χ1n) is 7.29. The number of nitrogens with zero attached hydrogens (tertiary/aromatic N) is 3. The molecule has 1 aliphatic heterocycles. The molecule has 0 bridgehead atoms. The molecular weight excluding hydrogens is 333 g/mol. The minimum Gasteiger partial charge on any atom is -0.489 e. The number of aryl methyl sites for hydroxylation is 2. The van der Waals surface area contributed by atoms with Crippen molar-refractivity contribution in [1.82, 2.24) is 14.8 Å². The molecule has 0 radical (unpaired) electrons. The van der Waals surface area contributed by atoms with Crippen molar-refractivity contribution in [2.24, 2.45) is 0 Å². The summed E-state index contributed by atoms with van der Waals surface area (Å²) >= 11 is 11.9. The van der Waals surface area contributed by atoms with E-state index >= 15 is 0 Å². The largest absolute Gasteiger partial charge is 0.489 e. The van der Waals surface area contributed by atoms with E-state index in [0.717, 1.165) is 35.7 Å². The third-order valence-electron chi connectivity index (χ3n) is 3.94. The van der Waals surface area contributed by atoms with E-state index in [9.17, 15) is 0 Å². The van der Waals surface area contributed by atoms with Gasteiger partial charge in [-0.25, -0.2) is 0 Å². The fourth-order valence-electron chi connectivity index (χ4n) is 2.76. The lowest BCUT2D eigenvalue weighted by molar-refractivity contribution is 0.306. The quantitative estimate of drug-likeness (QED) is 0.712. The van der Waals surface area contributed by atoms with Gasteiger partial charge in [0.1, 0.15) is 24.5 Å². The zero-order chi connectivity index (χ0) is 15.8. The number of hydrogen-bond donors (Lipinski definition) is 0. The minimum atomic E-state index is 0.452. The van der Waals surface area contributed by atoms with Gasteiger partial charge in [-0.3, -0.25) is 4.57 Å². The van der Waals surface area contributed by atoms with Crippen LogP contribution in [-0.2, 0) is 19.4 Å². The van der Waals surface area contributed by atoms with Crippen LogP contribution in [0.5, 0.6) is 5.75 Å². The molecule has 4 rings (SSSR count). The van der Waals surface area contributed by atoms with Crippen LogP contribution in [0.3, 0.4) is 0 Å².